The average Bonchev–Trinajstić information content (AvgIpc) is 2.49. The Morgan fingerprint density at radius 3 is 2.08 bits per heavy atom. The summed E-state index contributed by atoms with van der Waals surface area (Å²) in [4.78, 5) is 0. The molecule has 0 spiro atoms. The summed E-state index contributed by atoms with van der Waals surface area (Å²) >= 11 is 0. The van der Waals surface area contributed by atoms with Gasteiger partial charge in [-0.15, -0.1) is 0 Å². The molecular formula is C16H22N4O4. The van der Waals surface area contributed by atoms with Crippen molar-refractivity contribution in [3.8, 4) is 5.75 Å². The second-order valence-corrected chi connectivity index (χ2v) is 5.37. The highest BCUT2D eigenvalue weighted by Crippen LogP contribution is 2.37. The van der Waals surface area contributed by atoms with Crippen LogP contribution in [0.4, 0.5) is 22.7 Å². The number of hydrogen-bond donors (Lipinski definition) is 6. The lowest BCUT2D eigenvalue weighted by atomic mass is 10.0. The van der Waals surface area contributed by atoms with Gasteiger partial charge in [0, 0.05) is 22.6 Å². The maximum absolute atomic E-state index is 9.97. The Morgan fingerprint density at radius 1 is 1.00 bits per heavy atom. The second kappa shape index (κ2) is 6.83. The molecule has 0 saturated carbocycles. The Hall–Kier alpha value is -2.68. The minimum Gasteiger partial charge on any atom is -0.453 e. The first-order chi connectivity index (χ1) is 11.3. The smallest absolute Gasteiger partial charge is 0.264 e. The monoisotopic (exact) mass is 334 g/mol. The van der Waals surface area contributed by atoms with E-state index < -0.39 is 18.7 Å². The molecule has 2 rings (SSSR count). The molecule has 2 aromatic rings. The molecule has 24 heavy (non-hydrogen) atoms. The van der Waals surface area contributed by atoms with Crippen LogP contribution >= 0.6 is 0 Å². The van der Waals surface area contributed by atoms with Crippen LogP contribution < -0.4 is 27.7 Å². The maximum Gasteiger partial charge on any atom is 0.264 e. The number of nitrogens with two attached hydrogens (primary N) is 4. The maximum atomic E-state index is 9.97. The fourth-order valence-corrected chi connectivity index (χ4v) is 2.34. The number of ether oxygens (including phenoxy) is 2. The molecule has 8 heteroatoms. The third kappa shape index (κ3) is 3.62. The van der Waals surface area contributed by atoms with Crippen LogP contribution in [0.15, 0.2) is 36.4 Å². The molecule has 8 nitrogen and oxygen atoms in total. The molecule has 0 bridgehead atoms. The highest BCUT2D eigenvalue weighted by molar-refractivity contribution is 5.62. The Labute approximate surface area is 139 Å². The Balaban J connectivity index is 2.53. The summed E-state index contributed by atoms with van der Waals surface area (Å²) in [6, 6.07) is 9.26. The molecule has 0 aliphatic rings. The largest absolute Gasteiger partial charge is 0.453 e. The van der Waals surface area contributed by atoms with Crippen molar-refractivity contribution >= 4 is 22.7 Å². The van der Waals surface area contributed by atoms with Crippen LogP contribution in [-0.2, 0) is 10.5 Å². The molecule has 0 aliphatic heterocycles. The fourth-order valence-electron chi connectivity index (χ4n) is 2.34. The second-order valence-electron chi connectivity index (χ2n) is 5.37. The quantitative estimate of drug-likeness (QED) is 0.330. The number of rotatable bonds is 6. The average molecular weight is 334 g/mol. The van der Waals surface area contributed by atoms with E-state index in [9.17, 15) is 10.2 Å². The van der Waals surface area contributed by atoms with Gasteiger partial charge in [0.05, 0.1) is 5.69 Å². The van der Waals surface area contributed by atoms with E-state index in [1.807, 2.05) is 0 Å². The van der Waals surface area contributed by atoms with E-state index in [-0.39, 0.29) is 17.1 Å². The van der Waals surface area contributed by atoms with Crippen LogP contribution in [0.1, 0.15) is 12.5 Å². The molecular weight excluding hydrogens is 312 g/mol. The summed E-state index contributed by atoms with van der Waals surface area (Å²) in [6.45, 7) is 0.753. The van der Waals surface area contributed by atoms with Gasteiger partial charge in [-0.3, -0.25) is 0 Å². The molecule has 0 aromatic heterocycles. The number of nitrogen functional groups attached to an aromatic ring is 4. The van der Waals surface area contributed by atoms with Crippen molar-refractivity contribution in [3.63, 3.8) is 0 Å². The van der Waals surface area contributed by atoms with E-state index in [2.05, 4.69) is 0 Å². The topological polar surface area (TPSA) is 163 Å². The van der Waals surface area contributed by atoms with Gasteiger partial charge in [-0.25, -0.2) is 0 Å². The van der Waals surface area contributed by atoms with Crippen molar-refractivity contribution in [2.24, 2.45) is 0 Å². The van der Waals surface area contributed by atoms with Gasteiger partial charge in [0.1, 0.15) is 12.4 Å². The Morgan fingerprint density at radius 2 is 1.58 bits per heavy atom. The fraction of sp³-hybridized carbons (Fsp3) is 0.250. The number of benzene rings is 2. The molecule has 0 fully saturated rings. The zero-order valence-corrected chi connectivity index (χ0v) is 13.3. The summed E-state index contributed by atoms with van der Waals surface area (Å²) in [5.41, 5.74) is 24.9. The van der Waals surface area contributed by atoms with E-state index in [1.165, 1.54) is 25.1 Å². The van der Waals surface area contributed by atoms with Gasteiger partial charge in [-0.2, -0.15) is 0 Å². The van der Waals surface area contributed by atoms with Crippen molar-refractivity contribution in [2.75, 3.05) is 29.5 Å². The summed E-state index contributed by atoms with van der Waals surface area (Å²) in [5, 5.41) is 19.7. The summed E-state index contributed by atoms with van der Waals surface area (Å²) in [5.74, 6) is -1.55. The van der Waals surface area contributed by atoms with Crippen molar-refractivity contribution in [2.45, 2.75) is 19.0 Å². The zero-order valence-electron chi connectivity index (χ0n) is 13.3. The van der Waals surface area contributed by atoms with Crippen LogP contribution in [0.3, 0.4) is 0 Å². The first kappa shape index (κ1) is 17.7. The molecule has 10 N–H and O–H groups in total. The zero-order chi connectivity index (χ0) is 17.9. The van der Waals surface area contributed by atoms with Gasteiger partial charge in [-0.1, -0.05) is 0 Å². The highest BCUT2D eigenvalue weighted by atomic mass is 16.8. The molecule has 0 saturated heterocycles. The molecule has 130 valence electrons. The van der Waals surface area contributed by atoms with E-state index in [1.54, 1.807) is 18.2 Å². The minimum atomic E-state index is -1.77. The first-order valence-electron chi connectivity index (χ1n) is 7.23. The lowest BCUT2D eigenvalue weighted by Gasteiger charge is -2.35. The summed E-state index contributed by atoms with van der Waals surface area (Å²) in [7, 11) is 0. The molecule has 2 aromatic carbocycles. The molecule has 2 atom stereocenters. The number of aliphatic hydroxyl groups is 2. The number of hydrogen-bond acceptors (Lipinski definition) is 8. The van der Waals surface area contributed by atoms with Crippen LogP contribution in [0.25, 0.3) is 0 Å². The van der Waals surface area contributed by atoms with E-state index in [0.29, 0.717) is 16.9 Å². The molecule has 0 amide bonds. The van der Waals surface area contributed by atoms with Gasteiger partial charge in [-0.05, 0) is 43.3 Å². The van der Waals surface area contributed by atoms with Crippen LogP contribution in [-0.4, -0.2) is 23.1 Å². The van der Waals surface area contributed by atoms with Crippen molar-refractivity contribution in [3.05, 3.63) is 42.0 Å². The van der Waals surface area contributed by atoms with Crippen LogP contribution in [0.5, 0.6) is 5.75 Å². The van der Waals surface area contributed by atoms with Crippen LogP contribution in [0, 0.1) is 0 Å². The predicted molar refractivity (Wildman–Crippen MR) is 92.7 cm³/mol. The van der Waals surface area contributed by atoms with Gasteiger partial charge >= 0.3 is 0 Å². The summed E-state index contributed by atoms with van der Waals surface area (Å²) in [6.07, 6.45) is -1.25. The van der Waals surface area contributed by atoms with Gasteiger partial charge in [0.25, 0.3) is 5.79 Å². The Kier molecular flexibility index (Phi) is 5.03. The predicted octanol–water partition coefficient (Wildman–Crippen LogP) is 0.594. The standard InChI is InChI=1S/C16H22N4O4/c1-9(22)23-16(8-21,12-4-2-10(17)6-13(12)19)24-15-5-3-11(18)7-14(15)20/h2-7,9,21-22H,8,17-20H2,1H3. The molecule has 0 heterocycles. The van der Waals surface area contributed by atoms with Crippen molar-refractivity contribution < 1.29 is 19.7 Å². The lowest BCUT2D eigenvalue weighted by molar-refractivity contribution is -0.280. The van der Waals surface area contributed by atoms with E-state index in [4.69, 9.17) is 32.4 Å². The lowest BCUT2D eigenvalue weighted by Crippen LogP contribution is -2.43. The first-order valence-corrected chi connectivity index (χ1v) is 7.23. The highest BCUT2D eigenvalue weighted by Gasteiger charge is 2.39. The van der Waals surface area contributed by atoms with Crippen molar-refractivity contribution in [1.29, 1.82) is 0 Å². The van der Waals surface area contributed by atoms with Gasteiger partial charge < -0.3 is 42.6 Å². The molecule has 0 aliphatic carbocycles. The third-order valence-electron chi connectivity index (χ3n) is 3.36. The van der Waals surface area contributed by atoms with Gasteiger partial charge in [0.2, 0.25) is 0 Å². The van der Waals surface area contributed by atoms with E-state index >= 15 is 0 Å². The minimum absolute atomic E-state index is 0.218. The normalized spacial score (nSPS) is 14.8. The van der Waals surface area contributed by atoms with Gasteiger partial charge in [0.15, 0.2) is 6.29 Å². The number of anilines is 4. The molecule has 2 unspecified atom stereocenters. The molecule has 0 radical (unpaired) electrons. The van der Waals surface area contributed by atoms with Crippen LogP contribution in [0.2, 0.25) is 0 Å². The summed E-state index contributed by atoms with van der Waals surface area (Å²) < 4.78 is 11.3. The Bertz CT molecular complexity index is 723. The third-order valence-corrected chi connectivity index (χ3v) is 3.36. The van der Waals surface area contributed by atoms with E-state index in [0.717, 1.165) is 0 Å². The van der Waals surface area contributed by atoms with Crippen molar-refractivity contribution in [1.82, 2.24) is 0 Å². The number of aliphatic hydroxyl groups excluding tert-OH is 2. The SMILES string of the molecule is CC(O)OC(CO)(Oc1ccc(N)cc1N)c1ccc(N)cc1N.